The molecule has 0 aromatic rings. The Morgan fingerprint density at radius 3 is 2.80 bits per heavy atom. The van der Waals surface area contributed by atoms with E-state index in [2.05, 4.69) is 5.32 Å². The lowest BCUT2D eigenvalue weighted by Crippen LogP contribution is -2.50. The first-order chi connectivity index (χ1) is 9.50. The molecule has 0 aromatic heterocycles. The number of nitrogens with zero attached hydrogens (tertiary/aromatic N) is 1. The van der Waals surface area contributed by atoms with E-state index < -0.39 is 12.0 Å². The van der Waals surface area contributed by atoms with Gasteiger partial charge in [0, 0.05) is 24.8 Å². The molecule has 2 heterocycles. The van der Waals surface area contributed by atoms with E-state index in [9.17, 15) is 14.7 Å². The summed E-state index contributed by atoms with van der Waals surface area (Å²) in [5.41, 5.74) is 0. The molecule has 114 valence electrons. The zero-order valence-electron chi connectivity index (χ0n) is 11.9. The number of nitrogens with one attached hydrogen (secondary N) is 1. The first-order valence-corrected chi connectivity index (χ1v) is 8.02. The lowest BCUT2D eigenvalue weighted by atomic mass is 10.1. The zero-order valence-corrected chi connectivity index (χ0v) is 12.7. The second-order valence-corrected chi connectivity index (χ2v) is 6.70. The number of aliphatic carboxylic acids is 1. The molecule has 1 amide bonds. The number of thioether (sulfide) groups is 1. The third kappa shape index (κ3) is 3.45. The predicted molar refractivity (Wildman–Crippen MR) is 76.6 cm³/mol. The molecule has 0 saturated carbocycles. The van der Waals surface area contributed by atoms with Crippen molar-refractivity contribution >= 4 is 23.6 Å². The van der Waals surface area contributed by atoms with Gasteiger partial charge in [-0.05, 0) is 5.92 Å². The molecule has 2 rings (SSSR count). The van der Waals surface area contributed by atoms with E-state index >= 15 is 0 Å². The van der Waals surface area contributed by atoms with Gasteiger partial charge in [-0.2, -0.15) is 0 Å². The highest BCUT2D eigenvalue weighted by Crippen LogP contribution is 2.34. The number of ether oxygens (including phenoxy) is 1. The number of hydrogen-bond acceptors (Lipinski definition) is 5. The molecule has 3 unspecified atom stereocenters. The summed E-state index contributed by atoms with van der Waals surface area (Å²) >= 11 is 1.56. The maximum absolute atomic E-state index is 12.5. The fourth-order valence-corrected chi connectivity index (χ4v) is 4.11. The zero-order chi connectivity index (χ0) is 14.7. The molecule has 0 aromatic carbocycles. The van der Waals surface area contributed by atoms with Crippen LogP contribution in [0.25, 0.3) is 0 Å². The molecule has 2 fully saturated rings. The molecular weight excluding hydrogens is 280 g/mol. The Labute approximate surface area is 123 Å². The Kier molecular flexibility index (Phi) is 5.29. The van der Waals surface area contributed by atoms with Gasteiger partial charge in [0.05, 0.1) is 18.6 Å². The highest BCUT2D eigenvalue weighted by atomic mass is 32.2. The van der Waals surface area contributed by atoms with Crippen molar-refractivity contribution in [2.75, 3.05) is 25.5 Å². The van der Waals surface area contributed by atoms with Crippen LogP contribution in [0.1, 0.15) is 20.3 Å². The van der Waals surface area contributed by atoms with Gasteiger partial charge in [-0.1, -0.05) is 13.8 Å². The molecule has 2 saturated heterocycles. The molecule has 0 bridgehead atoms. The highest BCUT2D eigenvalue weighted by Gasteiger charge is 2.43. The van der Waals surface area contributed by atoms with E-state index in [1.807, 2.05) is 13.8 Å². The summed E-state index contributed by atoms with van der Waals surface area (Å²) < 4.78 is 5.34. The SMILES string of the molecule is CC(C)C1SCC(C(=O)O)N1C(=O)CC1COCCN1. The average Bonchev–Trinajstić information content (AvgIpc) is 2.84. The Hall–Kier alpha value is -0.790. The van der Waals surface area contributed by atoms with Crippen molar-refractivity contribution < 1.29 is 19.4 Å². The van der Waals surface area contributed by atoms with Crippen LogP contribution in [0.5, 0.6) is 0 Å². The van der Waals surface area contributed by atoms with Gasteiger partial charge in [-0.3, -0.25) is 4.79 Å². The average molecular weight is 302 g/mol. The summed E-state index contributed by atoms with van der Waals surface area (Å²) in [4.78, 5) is 25.4. The summed E-state index contributed by atoms with van der Waals surface area (Å²) in [5.74, 6) is -0.298. The van der Waals surface area contributed by atoms with Gasteiger partial charge in [0.25, 0.3) is 0 Å². The van der Waals surface area contributed by atoms with Crippen molar-refractivity contribution in [3.05, 3.63) is 0 Å². The second kappa shape index (κ2) is 6.78. The van der Waals surface area contributed by atoms with E-state index in [0.717, 1.165) is 6.54 Å². The van der Waals surface area contributed by atoms with Crippen molar-refractivity contribution in [2.24, 2.45) is 5.92 Å². The molecule has 20 heavy (non-hydrogen) atoms. The van der Waals surface area contributed by atoms with Crippen LogP contribution in [0.15, 0.2) is 0 Å². The number of hydrogen-bond donors (Lipinski definition) is 2. The lowest BCUT2D eigenvalue weighted by Gasteiger charge is -2.32. The number of rotatable bonds is 4. The fourth-order valence-electron chi connectivity index (χ4n) is 2.61. The van der Waals surface area contributed by atoms with Crippen LogP contribution >= 0.6 is 11.8 Å². The van der Waals surface area contributed by atoms with Gasteiger partial charge in [0.15, 0.2) is 0 Å². The molecule has 6 nitrogen and oxygen atoms in total. The van der Waals surface area contributed by atoms with Crippen LogP contribution in [0, 0.1) is 5.92 Å². The summed E-state index contributed by atoms with van der Waals surface area (Å²) in [6.45, 7) is 5.95. The van der Waals surface area contributed by atoms with Crippen molar-refractivity contribution in [1.29, 1.82) is 0 Å². The van der Waals surface area contributed by atoms with Gasteiger partial charge in [-0.15, -0.1) is 11.8 Å². The maximum atomic E-state index is 12.5. The van der Waals surface area contributed by atoms with Crippen molar-refractivity contribution in [2.45, 2.75) is 37.7 Å². The van der Waals surface area contributed by atoms with Crippen LogP contribution in [-0.4, -0.2) is 64.9 Å². The number of carboxylic acid groups (broad SMARTS) is 1. The molecule has 3 atom stereocenters. The molecule has 7 heteroatoms. The van der Waals surface area contributed by atoms with Crippen molar-refractivity contribution in [3.63, 3.8) is 0 Å². The van der Waals surface area contributed by atoms with Crippen LogP contribution in [0.3, 0.4) is 0 Å². The van der Waals surface area contributed by atoms with Crippen LogP contribution in [0.4, 0.5) is 0 Å². The summed E-state index contributed by atoms with van der Waals surface area (Å²) in [6, 6.07) is -0.714. The Bertz CT molecular complexity index is 371. The van der Waals surface area contributed by atoms with Crippen LogP contribution in [0.2, 0.25) is 0 Å². The Balaban J connectivity index is 2.04. The summed E-state index contributed by atoms with van der Waals surface area (Å²) in [6.07, 6.45) is 0.299. The van der Waals surface area contributed by atoms with Crippen molar-refractivity contribution in [3.8, 4) is 0 Å². The van der Waals surface area contributed by atoms with E-state index in [-0.39, 0.29) is 23.2 Å². The molecule has 2 aliphatic rings. The molecule has 2 N–H and O–H groups in total. The monoisotopic (exact) mass is 302 g/mol. The Morgan fingerprint density at radius 1 is 1.50 bits per heavy atom. The van der Waals surface area contributed by atoms with Gasteiger partial charge in [0.1, 0.15) is 6.04 Å². The Morgan fingerprint density at radius 2 is 2.25 bits per heavy atom. The van der Waals surface area contributed by atoms with Gasteiger partial charge >= 0.3 is 5.97 Å². The molecular formula is C13H22N2O4S. The largest absolute Gasteiger partial charge is 0.480 e. The highest BCUT2D eigenvalue weighted by molar-refractivity contribution is 8.00. The fraction of sp³-hybridized carbons (Fsp3) is 0.846. The molecule has 2 aliphatic heterocycles. The number of carbonyl (C=O) groups is 2. The summed E-state index contributed by atoms with van der Waals surface area (Å²) in [7, 11) is 0. The topological polar surface area (TPSA) is 78.9 Å². The quantitative estimate of drug-likeness (QED) is 0.781. The smallest absolute Gasteiger partial charge is 0.327 e. The minimum Gasteiger partial charge on any atom is -0.480 e. The first-order valence-electron chi connectivity index (χ1n) is 6.97. The van der Waals surface area contributed by atoms with Gasteiger partial charge in [-0.25, -0.2) is 4.79 Å². The van der Waals surface area contributed by atoms with Crippen LogP contribution < -0.4 is 5.32 Å². The first kappa shape index (κ1) is 15.6. The normalized spacial score (nSPS) is 30.8. The minimum absolute atomic E-state index is 0.0101. The molecule has 0 aliphatic carbocycles. The number of morpholine rings is 1. The molecule has 0 radical (unpaired) electrons. The number of amides is 1. The van der Waals surface area contributed by atoms with E-state index in [4.69, 9.17) is 4.74 Å². The number of carbonyl (C=O) groups excluding carboxylic acids is 1. The van der Waals surface area contributed by atoms with E-state index in [1.165, 1.54) is 0 Å². The third-order valence-corrected chi connectivity index (χ3v) is 5.22. The number of carboxylic acids is 1. The predicted octanol–water partition coefficient (Wildman–Crippen LogP) is 0.376. The maximum Gasteiger partial charge on any atom is 0.327 e. The lowest BCUT2D eigenvalue weighted by molar-refractivity contribution is -0.150. The van der Waals surface area contributed by atoms with Crippen molar-refractivity contribution in [1.82, 2.24) is 10.2 Å². The van der Waals surface area contributed by atoms with E-state index in [1.54, 1.807) is 16.7 Å². The second-order valence-electron chi connectivity index (χ2n) is 5.55. The summed E-state index contributed by atoms with van der Waals surface area (Å²) in [5, 5.41) is 12.5. The van der Waals surface area contributed by atoms with E-state index in [0.29, 0.717) is 25.4 Å². The third-order valence-electron chi connectivity index (χ3n) is 3.60. The minimum atomic E-state index is -0.915. The van der Waals surface area contributed by atoms with Crippen LogP contribution in [-0.2, 0) is 14.3 Å². The standard InChI is InChI=1S/C13H22N2O4S/c1-8(2)12-15(10(7-20-12)13(17)18)11(16)5-9-6-19-4-3-14-9/h8-10,12,14H,3-7H2,1-2H3,(H,17,18). The van der Waals surface area contributed by atoms with Gasteiger partial charge < -0.3 is 20.1 Å². The molecule has 0 spiro atoms. The van der Waals surface area contributed by atoms with Gasteiger partial charge in [0.2, 0.25) is 5.91 Å².